The largest absolute Gasteiger partial charge is 0.394 e. The van der Waals surface area contributed by atoms with E-state index < -0.39 is 0 Å². The predicted molar refractivity (Wildman–Crippen MR) is 62.8 cm³/mol. The lowest BCUT2D eigenvalue weighted by Crippen LogP contribution is -2.47. The van der Waals surface area contributed by atoms with Crippen LogP contribution in [0.25, 0.3) is 0 Å². The van der Waals surface area contributed by atoms with E-state index in [1.807, 2.05) is 29.8 Å². The summed E-state index contributed by atoms with van der Waals surface area (Å²) in [4.78, 5) is 14.0. The van der Waals surface area contributed by atoms with Crippen molar-refractivity contribution in [2.24, 2.45) is 0 Å². The number of nitrogens with zero attached hydrogens (tertiary/aromatic N) is 2. The van der Waals surface area contributed by atoms with Crippen LogP contribution in [0.4, 0.5) is 0 Å². The number of carbonyl (C=O) groups is 1. The fourth-order valence-electron chi connectivity index (χ4n) is 2.06. The molecule has 0 aliphatic carbocycles. The standard InChI is InChI=1S/C12H18N2O3/c1-2-13-5-3-4-11(13)12(16)14-6-7-17-10(8-14)9-15/h3-5,10,15H,2,6-9H2,1H3. The number of aliphatic hydroxyl groups excluding tert-OH is 1. The molecule has 1 amide bonds. The van der Waals surface area contributed by atoms with Gasteiger partial charge in [0.1, 0.15) is 5.69 Å². The highest BCUT2D eigenvalue weighted by Gasteiger charge is 2.25. The van der Waals surface area contributed by atoms with Crippen molar-refractivity contribution >= 4 is 5.91 Å². The van der Waals surface area contributed by atoms with Gasteiger partial charge in [0, 0.05) is 25.8 Å². The molecule has 94 valence electrons. The molecule has 1 fully saturated rings. The lowest BCUT2D eigenvalue weighted by atomic mass is 10.2. The first-order valence-corrected chi connectivity index (χ1v) is 5.93. The van der Waals surface area contributed by atoms with Crippen LogP contribution in [-0.2, 0) is 11.3 Å². The molecule has 1 aliphatic heterocycles. The number of aryl methyl sites for hydroxylation is 1. The van der Waals surface area contributed by atoms with Crippen molar-refractivity contribution < 1.29 is 14.6 Å². The first kappa shape index (κ1) is 12.1. The number of morpholine rings is 1. The number of ether oxygens (including phenoxy) is 1. The maximum Gasteiger partial charge on any atom is 0.270 e. The van der Waals surface area contributed by atoms with Crippen LogP contribution in [0.5, 0.6) is 0 Å². The van der Waals surface area contributed by atoms with Gasteiger partial charge in [0.15, 0.2) is 0 Å². The summed E-state index contributed by atoms with van der Waals surface area (Å²) in [5.74, 6) is 0.0126. The Morgan fingerprint density at radius 3 is 3.18 bits per heavy atom. The van der Waals surface area contributed by atoms with Crippen molar-refractivity contribution in [3.8, 4) is 0 Å². The second kappa shape index (κ2) is 5.33. The van der Waals surface area contributed by atoms with Crippen LogP contribution in [0.2, 0.25) is 0 Å². The van der Waals surface area contributed by atoms with Crippen molar-refractivity contribution in [2.45, 2.75) is 19.6 Å². The van der Waals surface area contributed by atoms with Gasteiger partial charge in [-0.25, -0.2) is 0 Å². The van der Waals surface area contributed by atoms with Gasteiger partial charge in [-0.3, -0.25) is 4.79 Å². The number of hydrogen-bond donors (Lipinski definition) is 1. The number of hydrogen-bond acceptors (Lipinski definition) is 3. The average molecular weight is 238 g/mol. The van der Waals surface area contributed by atoms with E-state index >= 15 is 0 Å². The van der Waals surface area contributed by atoms with E-state index in [0.717, 1.165) is 6.54 Å². The molecular formula is C12H18N2O3. The Kier molecular flexibility index (Phi) is 3.81. The molecule has 5 heteroatoms. The van der Waals surface area contributed by atoms with E-state index in [2.05, 4.69) is 0 Å². The molecule has 1 unspecified atom stereocenters. The second-order valence-electron chi connectivity index (χ2n) is 4.11. The average Bonchev–Trinajstić information content (AvgIpc) is 2.86. The van der Waals surface area contributed by atoms with Gasteiger partial charge >= 0.3 is 0 Å². The van der Waals surface area contributed by atoms with Crippen LogP contribution < -0.4 is 0 Å². The Bertz CT molecular complexity index is 389. The minimum absolute atomic E-state index is 0.0126. The number of aliphatic hydroxyl groups is 1. The molecule has 0 spiro atoms. The summed E-state index contributed by atoms with van der Waals surface area (Å²) in [6.07, 6.45) is 1.65. The minimum Gasteiger partial charge on any atom is -0.394 e. The lowest BCUT2D eigenvalue weighted by molar-refractivity contribution is -0.0449. The van der Waals surface area contributed by atoms with Crippen LogP contribution in [0.3, 0.4) is 0 Å². The molecule has 1 atom stereocenters. The molecule has 17 heavy (non-hydrogen) atoms. The van der Waals surface area contributed by atoms with Gasteiger partial charge in [-0.05, 0) is 19.1 Å². The molecule has 5 nitrogen and oxygen atoms in total. The van der Waals surface area contributed by atoms with Gasteiger partial charge in [0.05, 0.1) is 19.3 Å². The molecule has 1 aromatic rings. The summed E-state index contributed by atoms with van der Waals surface area (Å²) in [6, 6.07) is 3.70. The van der Waals surface area contributed by atoms with Gasteiger partial charge < -0.3 is 19.3 Å². The third-order valence-electron chi connectivity index (χ3n) is 3.02. The SMILES string of the molecule is CCn1cccc1C(=O)N1CCOC(CO)C1. The van der Waals surface area contributed by atoms with Crippen LogP contribution in [0.15, 0.2) is 18.3 Å². The van der Waals surface area contributed by atoms with Crippen LogP contribution in [0, 0.1) is 0 Å². The third-order valence-corrected chi connectivity index (χ3v) is 3.02. The van der Waals surface area contributed by atoms with E-state index in [-0.39, 0.29) is 18.6 Å². The van der Waals surface area contributed by atoms with Crippen LogP contribution >= 0.6 is 0 Å². The fourth-order valence-corrected chi connectivity index (χ4v) is 2.06. The van der Waals surface area contributed by atoms with E-state index in [4.69, 9.17) is 9.84 Å². The molecule has 1 aliphatic rings. The molecule has 0 saturated carbocycles. The smallest absolute Gasteiger partial charge is 0.270 e. The summed E-state index contributed by atoms with van der Waals surface area (Å²) in [5, 5.41) is 9.05. The third kappa shape index (κ3) is 2.50. The summed E-state index contributed by atoms with van der Waals surface area (Å²) >= 11 is 0. The van der Waals surface area contributed by atoms with Gasteiger partial charge in [-0.15, -0.1) is 0 Å². The predicted octanol–water partition coefficient (Wildman–Crippen LogP) is 0.341. The maximum absolute atomic E-state index is 12.3. The first-order chi connectivity index (χ1) is 8.26. The minimum atomic E-state index is -0.252. The second-order valence-corrected chi connectivity index (χ2v) is 4.11. The van der Waals surface area contributed by atoms with E-state index in [9.17, 15) is 4.79 Å². The Morgan fingerprint density at radius 2 is 2.47 bits per heavy atom. The van der Waals surface area contributed by atoms with Crippen molar-refractivity contribution in [2.75, 3.05) is 26.3 Å². The number of aromatic nitrogens is 1. The zero-order valence-corrected chi connectivity index (χ0v) is 10.0. The zero-order chi connectivity index (χ0) is 12.3. The molecule has 2 heterocycles. The highest BCUT2D eigenvalue weighted by Crippen LogP contribution is 2.11. The van der Waals surface area contributed by atoms with E-state index in [1.165, 1.54) is 0 Å². The van der Waals surface area contributed by atoms with E-state index in [0.29, 0.717) is 25.4 Å². The normalized spacial score (nSPS) is 20.6. The summed E-state index contributed by atoms with van der Waals surface area (Å²) in [6.45, 7) is 4.28. The quantitative estimate of drug-likeness (QED) is 0.826. The Morgan fingerprint density at radius 1 is 1.65 bits per heavy atom. The molecule has 0 aromatic carbocycles. The molecule has 1 saturated heterocycles. The van der Waals surface area contributed by atoms with Crippen LogP contribution in [-0.4, -0.2) is 52.9 Å². The molecular weight excluding hydrogens is 220 g/mol. The lowest BCUT2D eigenvalue weighted by Gasteiger charge is -2.32. The highest BCUT2D eigenvalue weighted by molar-refractivity contribution is 5.92. The van der Waals surface area contributed by atoms with Crippen molar-refractivity contribution in [3.63, 3.8) is 0 Å². The van der Waals surface area contributed by atoms with Crippen molar-refractivity contribution in [1.29, 1.82) is 0 Å². The maximum atomic E-state index is 12.3. The Balaban J connectivity index is 2.09. The van der Waals surface area contributed by atoms with E-state index in [1.54, 1.807) is 4.90 Å². The molecule has 0 radical (unpaired) electrons. The molecule has 1 N–H and O–H groups in total. The molecule has 0 bridgehead atoms. The monoisotopic (exact) mass is 238 g/mol. The van der Waals surface area contributed by atoms with Gasteiger partial charge in [0.25, 0.3) is 5.91 Å². The van der Waals surface area contributed by atoms with Crippen LogP contribution in [0.1, 0.15) is 17.4 Å². The molecule has 2 rings (SSSR count). The summed E-state index contributed by atoms with van der Waals surface area (Å²) in [7, 11) is 0. The zero-order valence-electron chi connectivity index (χ0n) is 10.0. The van der Waals surface area contributed by atoms with Crippen molar-refractivity contribution in [1.82, 2.24) is 9.47 Å². The van der Waals surface area contributed by atoms with Gasteiger partial charge in [-0.1, -0.05) is 0 Å². The summed E-state index contributed by atoms with van der Waals surface area (Å²) in [5.41, 5.74) is 0.700. The topological polar surface area (TPSA) is 54.7 Å². The number of carbonyl (C=O) groups excluding carboxylic acids is 1. The fraction of sp³-hybridized carbons (Fsp3) is 0.583. The number of amides is 1. The highest BCUT2D eigenvalue weighted by atomic mass is 16.5. The van der Waals surface area contributed by atoms with Gasteiger partial charge in [-0.2, -0.15) is 0 Å². The van der Waals surface area contributed by atoms with Crippen molar-refractivity contribution in [3.05, 3.63) is 24.0 Å². The first-order valence-electron chi connectivity index (χ1n) is 5.93. The van der Waals surface area contributed by atoms with Gasteiger partial charge in [0.2, 0.25) is 0 Å². The summed E-state index contributed by atoms with van der Waals surface area (Å²) < 4.78 is 7.25. The molecule has 1 aromatic heterocycles. The number of rotatable bonds is 3. The Hall–Kier alpha value is -1.33. The Labute approximate surface area is 101 Å².